The van der Waals surface area contributed by atoms with Crippen LogP contribution in [0.5, 0.6) is 5.75 Å². The summed E-state index contributed by atoms with van der Waals surface area (Å²) in [6.45, 7) is 5.74. The van der Waals surface area contributed by atoms with E-state index < -0.39 is 0 Å². The average Bonchev–Trinajstić information content (AvgIpc) is 2.23. The summed E-state index contributed by atoms with van der Waals surface area (Å²) in [6.07, 6.45) is 0.678. The van der Waals surface area contributed by atoms with E-state index >= 15 is 0 Å². The summed E-state index contributed by atoms with van der Waals surface area (Å²) in [5.74, 6) is 0.952. The lowest BCUT2D eigenvalue weighted by molar-refractivity contribution is 0.232. The van der Waals surface area contributed by atoms with Crippen molar-refractivity contribution in [3.05, 3.63) is 28.8 Å². The molecule has 3 nitrogen and oxygen atoms in total. The molecule has 0 amide bonds. The normalized spacial score (nSPS) is 10.5. The average molecular weight is 223 g/mol. The van der Waals surface area contributed by atoms with Gasteiger partial charge in [-0.15, -0.1) is 0 Å². The van der Waals surface area contributed by atoms with Crippen LogP contribution in [0.1, 0.15) is 23.1 Å². The molecular weight excluding hydrogens is 202 g/mol. The summed E-state index contributed by atoms with van der Waals surface area (Å²) in [6, 6.07) is 4.27. The molecule has 1 aromatic rings. The van der Waals surface area contributed by atoms with Crippen LogP contribution >= 0.6 is 0 Å². The third-order valence-corrected chi connectivity index (χ3v) is 2.45. The van der Waals surface area contributed by atoms with Crippen molar-refractivity contribution in [2.45, 2.75) is 26.8 Å². The molecule has 0 aliphatic rings. The van der Waals surface area contributed by atoms with Gasteiger partial charge in [-0.2, -0.15) is 0 Å². The molecule has 0 heterocycles. The summed E-state index contributed by atoms with van der Waals surface area (Å²) in [7, 11) is 1.94. The van der Waals surface area contributed by atoms with Crippen molar-refractivity contribution in [1.29, 1.82) is 0 Å². The molecule has 0 radical (unpaired) electrons. The number of rotatable bonds is 6. The highest BCUT2D eigenvalue weighted by Gasteiger charge is 2.05. The molecule has 0 spiro atoms. The predicted octanol–water partition coefficient (Wildman–Crippen LogP) is 1.78. The fraction of sp³-hybridized carbons (Fsp3) is 0.538. The van der Waals surface area contributed by atoms with Gasteiger partial charge >= 0.3 is 0 Å². The van der Waals surface area contributed by atoms with E-state index in [4.69, 9.17) is 9.84 Å². The number of hydrogen-bond acceptors (Lipinski definition) is 3. The van der Waals surface area contributed by atoms with E-state index in [9.17, 15) is 0 Å². The van der Waals surface area contributed by atoms with Gasteiger partial charge in [-0.25, -0.2) is 0 Å². The van der Waals surface area contributed by atoms with Gasteiger partial charge in [0.25, 0.3) is 0 Å². The molecule has 90 valence electrons. The van der Waals surface area contributed by atoms with E-state index in [1.807, 2.05) is 7.05 Å². The second-order valence-corrected chi connectivity index (χ2v) is 4.01. The topological polar surface area (TPSA) is 41.5 Å². The van der Waals surface area contributed by atoms with Crippen LogP contribution in [0, 0.1) is 13.8 Å². The lowest BCUT2D eigenvalue weighted by Gasteiger charge is -2.13. The minimum Gasteiger partial charge on any atom is -0.493 e. The van der Waals surface area contributed by atoms with Crippen molar-refractivity contribution >= 4 is 0 Å². The first-order valence-corrected chi connectivity index (χ1v) is 5.67. The zero-order valence-electron chi connectivity index (χ0n) is 10.3. The van der Waals surface area contributed by atoms with Crippen LogP contribution in [0.4, 0.5) is 0 Å². The molecule has 0 saturated heterocycles. The van der Waals surface area contributed by atoms with Gasteiger partial charge in [-0.1, -0.05) is 12.1 Å². The van der Waals surface area contributed by atoms with Crippen molar-refractivity contribution in [3.8, 4) is 5.75 Å². The molecule has 1 aromatic carbocycles. The Morgan fingerprint density at radius 1 is 1.25 bits per heavy atom. The van der Waals surface area contributed by atoms with Crippen LogP contribution in [0.15, 0.2) is 12.1 Å². The van der Waals surface area contributed by atoms with Crippen LogP contribution < -0.4 is 10.1 Å². The third kappa shape index (κ3) is 3.51. The molecule has 2 N–H and O–H groups in total. The highest BCUT2D eigenvalue weighted by Crippen LogP contribution is 2.24. The molecule has 0 aliphatic carbocycles. The summed E-state index contributed by atoms with van der Waals surface area (Å²) in [4.78, 5) is 0. The Bertz CT molecular complexity index is 314. The summed E-state index contributed by atoms with van der Waals surface area (Å²) in [5.41, 5.74) is 3.58. The van der Waals surface area contributed by atoms with E-state index in [0.717, 1.165) is 23.4 Å². The molecule has 3 heteroatoms. The van der Waals surface area contributed by atoms with Gasteiger partial charge < -0.3 is 15.2 Å². The van der Waals surface area contributed by atoms with Crippen molar-refractivity contribution < 1.29 is 9.84 Å². The highest BCUT2D eigenvalue weighted by molar-refractivity contribution is 5.43. The Hall–Kier alpha value is -1.06. The van der Waals surface area contributed by atoms with Crippen LogP contribution in [-0.2, 0) is 6.54 Å². The number of benzene rings is 1. The van der Waals surface area contributed by atoms with Gasteiger partial charge in [0.2, 0.25) is 0 Å². The van der Waals surface area contributed by atoms with E-state index in [1.54, 1.807) is 0 Å². The van der Waals surface area contributed by atoms with E-state index in [-0.39, 0.29) is 6.61 Å². The third-order valence-electron chi connectivity index (χ3n) is 2.45. The largest absolute Gasteiger partial charge is 0.493 e. The number of hydrogen-bond donors (Lipinski definition) is 2. The van der Waals surface area contributed by atoms with Crippen LogP contribution in [0.2, 0.25) is 0 Å². The first-order chi connectivity index (χ1) is 7.69. The summed E-state index contributed by atoms with van der Waals surface area (Å²) in [5, 5.41) is 11.8. The molecule has 0 atom stereocenters. The zero-order valence-corrected chi connectivity index (χ0v) is 10.3. The minimum absolute atomic E-state index is 0.177. The van der Waals surface area contributed by atoms with Crippen molar-refractivity contribution in [2.75, 3.05) is 20.3 Å². The van der Waals surface area contributed by atoms with Crippen molar-refractivity contribution in [3.63, 3.8) is 0 Å². The second kappa shape index (κ2) is 6.51. The monoisotopic (exact) mass is 223 g/mol. The SMILES string of the molecule is CNCc1cc(C)c(OCCCO)c(C)c1. The van der Waals surface area contributed by atoms with E-state index in [2.05, 4.69) is 31.3 Å². The summed E-state index contributed by atoms with van der Waals surface area (Å²) < 4.78 is 5.66. The Labute approximate surface area is 97.4 Å². The first kappa shape index (κ1) is 13.0. The Morgan fingerprint density at radius 2 is 1.88 bits per heavy atom. The Kier molecular flexibility index (Phi) is 5.29. The molecular formula is C13H21NO2. The van der Waals surface area contributed by atoms with Crippen LogP contribution in [0.3, 0.4) is 0 Å². The fourth-order valence-corrected chi connectivity index (χ4v) is 1.81. The van der Waals surface area contributed by atoms with E-state index in [0.29, 0.717) is 13.0 Å². The fourth-order valence-electron chi connectivity index (χ4n) is 1.81. The van der Waals surface area contributed by atoms with Crippen LogP contribution in [-0.4, -0.2) is 25.4 Å². The standard InChI is InChI=1S/C13H21NO2/c1-10-7-12(9-14-3)8-11(2)13(10)16-6-4-5-15/h7-8,14-15H,4-6,9H2,1-3H3. The predicted molar refractivity (Wildman–Crippen MR) is 65.9 cm³/mol. The van der Waals surface area contributed by atoms with Gasteiger partial charge in [-0.3, -0.25) is 0 Å². The number of ether oxygens (including phenoxy) is 1. The molecule has 0 aromatic heterocycles. The van der Waals surface area contributed by atoms with Crippen molar-refractivity contribution in [1.82, 2.24) is 5.32 Å². The van der Waals surface area contributed by atoms with Gasteiger partial charge in [0, 0.05) is 19.6 Å². The first-order valence-electron chi connectivity index (χ1n) is 5.67. The Balaban J connectivity index is 2.77. The maximum absolute atomic E-state index is 8.71. The molecule has 0 aliphatic heterocycles. The van der Waals surface area contributed by atoms with Gasteiger partial charge in [0.15, 0.2) is 0 Å². The van der Waals surface area contributed by atoms with Gasteiger partial charge in [-0.05, 0) is 37.6 Å². The molecule has 16 heavy (non-hydrogen) atoms. The molecule has 0 unspecified atom stereocenters. The molecule has 0 fully saturated rings. The lowest BCUT2D eigenvalue weighted by Crippen LogP contribution is -2.07. The highest BCUT2D eigenvalue weighted by atomic mass is 16.5. The maximum Gasteiger partial charge on any atom is 0.125 e. The number of aryl methyl sites for hydroxylation is 2. The maximum atomic E-state index is 8.71. The molecule has 1 rings (SSSR count). The second-order valence-electron chi connectivity index (χ2n) is 4.01. The van der Waals surface area contributed by atoms with Gasteiger partial charge in [0.05, 0.1) is 6.61 Å². The van der Waals surface area contributed by atoms with Crippen LogP contribution in [0.25, 0.3) is 0 Å². The van der Waals surface area contributed by atoms with E-state index in [1.165, 1.54) is 5.56 Å². The lowest BCUT2D eigenvalue weighted by atomic mass is 10.1. The smallest absolute Gasteiger partial charge is 0.125 e. The number of aliphatic hydroxyl groups is 1. The minimum atomic E-state index is 0.177. The zero-order chi connectivity index (χ0) is 12.0. The van der Waals surface area contributed by atoms with Gasteiger partial charge in [0.1, 0.15) is 5.75 Å². The quantitative estimate of drug-likeness (QED) is 0.722. The summed E-state index contributed by atoms with van der Waals surface area (Å²) >= 11 is 0. The van der Waals surface area contributed by atoms with Crippen molar-refractivity contribution in [2.24, 2.45) is 0 Å². The Morgan fingerprint density at radius 3 is 2.38 bits per heavy atom. The number of aliphatic hydroxyl groups excluding tert-OH is 1. The molecule has 0 saturated carbocycles. The molecule has 0 bridgehead atoms. The number of nitrogens with one attached hydrogen (secondary N) is 1.